The van der Waals surface area contributed by atoms with Crippen molar-refractivity contribution in [2.24, 2.45) is 0 Å². The van der Waals surface area contributed by atoms with Crippen molar-refractivity contribution in [1.82, 2.24) is 5.32 Å². The maximum absolute atomic E-state index is 9.80. The summed E-state index contributed by atoms with van der Waals surface area (Å²) in [5.41, 5.74) is 0. The SMILES string of the molecule is COc1cccc(Br)c1OCC(O)CNC1CC1. The van der Waals surface area contributed by atoms with Crippen LogP contribution in [-0.4, -0.2) is 37.5 Å². The van der Waals surface area contributed by atoms with Gasteiger partial charge in [-0.15, -0.1) is 0 Å². The van der Waals surface area contributed by atoms with Gasteiger partial charge in [0.05, 0.1) is 11.6 Å². The molecule has 1 aromatic rings. The Hall–Kier alpha value is -0.780. The van der Waals surface area contributed by atoms with E-state index in [2.05, 4.69) is 21.2 Å². The van der Waals surface area contributed by atoms with E-state index in [1.807, 2.05) is 18.2 Å². The quantitative estimate of drug-likeness (QED) is 0.807. The first-order valence-corrected chi connectivity index (χ1v) is 6.86. The zero-order chi connectivity index (χ0) is 13.0. The topological polar surface area (TPSA) is 50.7 Å². The highest BCUT2D eigenvalue weighted by Gasteiger charge is 2.21. The average Bonchev–Trinajstić information content (AvgIpc) is 3.18. The number of rotatable bonds is 7. The molecule has 0 radical (unpaired) electrons. The molecule has 4 nitrogen and oxygen atoms in total. The van der Waals surface area contributed by atoms with Crippen LogP contribution in [0.25, 0.3) is 0 Å². The third-order valence-electron chi connectivity index (χ3n) is 2.79. The van der Waals surface area contributed by atoms with E-state index >= 15 is 0 Å². The number of ether oxygens (including phenoxy) is 2. The normalized spacial score (nSPS) is 16.4. The molecular formula is C13H18BrNO3. The highest BCUT2D eigenvalue weighted by Crippen LogP contribution is 2.34. The Kier molecular flexibility index (Phi) is 4.86. The Balaban J connectivity index is 1.84. The van der Waals surface area contributed by atoms with Crippen LogP contribution in [0.5, 0.6) is 11.5 Å². The fraction of sp³-hybridized carbons (Fsp3) is 0.538. The molecule has 2 rings (SSSR count). The summed E-state index contributed by atoms with van der Waals surface area (Å²) in [5.74, 6) is 1.29. The predicted octanol–water partition coefficient (Wildman–Crippen LogP) is 1.95. The van der Waals surface area contributed by atoms with Gasteiger partial charge in [0, 0.05) is 12.6 Å². The van der Waals surface area contributed by atoms with Gasteiger partial charge in [0.25, 0.3) is 0 Å². The number of benzene rings is 1. The molecule has 1 fully saturated rings. The summed E-state index contributed by atoms with van der Waals surface area (Å²) >= 11 is 3.41. The molecule has 0 aromatic heterocycles. The van der Waals surface area contributed by atoms with Gasteiger partial charge in [0.15, 0.2) is 11.5 Å². The summed E-state index contributed by atoms with van der Waals surface area (Å²) in [4.78, 5) is 0. The molecule has 1 unspecified atom stereocenters. The molecule has 0 aliphatic heterocycles. The number of aliphatic hydroxyl groups is 1. The van der Waals surface area contributed by atoms with Crippen molar-refractivity contribution < 1.29 is 14.6 Å². The number of hydrogen-bond acceptors (Lipinski definition) is 4. The Morgan fingerprint density at radius 3 is 2.94 bits per heavy atom. The summed E-state index contributed by atoms with van der Waals surface area (Å²) in [5, 5.41) is 13.1. The second kappa shape index (κ2) is 6.41. The lowest BCUT2D eigenvalue weighted by Crippen LogP contribution is -2.32. The van der Waals surface area contributed by atoms with Crippen molar-refractivity contribution in [2.75, 3.05) is 20.3 Å². The molecule has 0 amide bonds. The first kappa shape index (κ1) is 13.6. The van der Waals surface area contributed by atoms with Crippen LogP contribution in [0.2, 0.25) is 0 Å². The maximum Gasteiger partial charge on any atom is 0.175 e. The fourth-order valence-corrected chi connectivity index (χ4v) is 2.08. The third kappa shape index (κ3) is 3.86. The highest BCUT2D eigenvalue weighted by molar-refractivity contribution is 9.10. The number of hydrogen-bond donors (Lipinski definition) is 2. The molecule has 18 heavy (non-hydrogen) atoms. The predicted molar refractivity (Wildman–Crippen MR) is 73.2 cm³/mol. The van der Waals surface area contributed by atoms with E-state index in [9.17, 15) is 5.11 Å². The number of aliphatic hydroxyl groups excluding tert-OH is 1. The van der Waals surface area contributed by atoms with E-state index in [-0.39, 0.29) is 6.61 Å². The molecule has 0 spiro atoms. The van der Waals surface area contributed by atoms with Crippen molar-refractivity contribution >= 4 is 15.9 Å². The Morgan fingerprint density at radius 2 is 2.28 bits per heavy atom. The lowest BCUT2D eigenvalue weighted by Gasteiger charge is -2.15. The molecule has 1 aromatic carbocycles. The zero-order valence-corrected chi connectivity index (χ0v) is 11.9. The van der Waals surface area contributed by atoms with Crippen LogP contribution < -0.4 is 14.8 Å². The Bertz CT molecular complexity index is 396. The summed E-state index contributed by atoms with van der Waals surface area (Å²) in [6.07, 6.45) is 1.92. The lowest BCUT2D eigenvalue weighted by atomic mass is 10.3. The molecule has 5 heteroatoms. The van der Waals surface area contributed by atoms with Gasteiger partial charge >= 0.3 is 0 Å². The largest absolute Gasteiger partial charge is 0.493 e. The van der Waals surface area contributed by atoms with Crippen LogP contribution in [0.15, 0.2) is 22.7 Å². The minimum Gasteiger partial charge on any atom is -0.493 e. The van der Waals surface area contributed by atoms with Gasteiger partial charge in [-0.1, -0.05) is 6.07 Å². The van der Waals surface area contributed by atoms with Crippen molar-refractivity contribution in [1.29, 1.82) is 0 Å². The van der Waals surface area contributed by atoms with Gasteiger partial charge in [-0.05, 0) is 40.9 Å². The highest BCUT2D eigenvalue weighted by atomic mass is 79.9. The van der Waals surface area contributed by atoms with Crippen LogP contribution in [0.4, 0.5) is 0 Å². The van der Waals surface area contributed by atoms with Crippen molar-refractivity contribution in [3.05, 3.63) is 22.7 Å². The molecule has 1 atom stereocenters. The first-order chi connectivity index (χ1) is 8.70. The zero-order valence-electron chi connectivity index (χ0n) is 10.4. The van der Waals surface area contributed by atoms with Gasteiger partial charge in [-0.3, -0.25) is 0 Å². The van der Waals surface area contributed by atoms with Gasteiger partial charge in [0.2, 0.25) is 0 Å². The van der Waals surface area contributed by atoms with Crippen molar-refractivity contribution in [3.63, 3.8) is 0 Å². The molecule has 1 saturated carbocycles. The molecular weight excluding hydrogens is 298 g/mol. The standard InChI is InChI=1S/C13H18BrNO3/c1-17-12-4-2-3-11(14)13(12)18-8-10(16)7-15-9-5-6-9/h2-4,9-10,15-16H,5-8H2,1H3. The van der Waals surface area contributed by atoms with Crippen LogP contribution in [-0.2, 0) is 0 Å². The number of nitrogens with one attached hydrogen (secondary N) is 1. The van der Waals surface area contributed by atoms with Crippen LogP contribution in [0.3, 0.4) is 0 Å². The van der Waals surface area contributed by atoms with Gasteiger partial charge in [-0.25, -0.2) is 0 Å². The van der Waals surface area contributed by atoms with E-state index in [0.29, 0.717) is 24.1 Å². The second-order valence-corrected chi connectivity index (χ2v) is 5.27. The second-order valence-electron chi connectivity index (χ2n) is 4.42. The Labute approximate surface area is 115 Å². The third-order valence-corrected chi connectivity index (χ3v) is 3.41. The maximum atomic E-state index is 9.80. The smallest absolute Gasteiger partial charge is 0.175 e. The first-order valence-electron chi connectivity index (χ1n) is 6.07. The molecule has 2 N–H and O–H groups in total. The van der Waals surface area contributed by atoms with E-state index in [1.54, 1.807) is 7.11 Å². The van der Waals surface area contributed by atoms with Crippen LogP contribution in [0.1, 0.15) is 12.8 Å². The number of para-hydroxylation sites is 1. The van der Waals surface area contributed by atoms with Gasteiger partial charge in [-0.2, -0.15) is 0 Å². The van der Waals surface area contributed by atoms with E-state index in [1.165, 1.54) is 12.8 Å². The van der Waals surface area contributed by atoms with Crippen LogP contribution >= 0.6 is 15.9 Å². The molecule has 1 aliphatic carbocycles. The summed E-state index contributed by atoms with van der Waals surface area (Å²) in [6.45, 7) is 0.816. The van der Waals surface area contributed by atoms with E-state index < -0.39 is 6.10 Å². The summed E-state index contributed by atoms with van der Waals surface area (Å²) < 4.78 is 11.6. The Morgan fingerprint density at radius 1 is 1.50 bits per heavy atom. The number of methoxy groups -OCH3 is 1. The monoisotopic (exact) mass is 315 g/mol. The van der Waals surface area contributed by atoms with Crippen molar-refractivity contribution in [3.8, 4) is 11.5 Å². The molecule has 1 aliphatic rings. The fourth-order valence-electron chi connectivity index (χ4n) is 1.62. The molecule has 100 valence electrons. The van der Waals surface area contributed by atoms with Gasteiger partial charge in [0.1, 0.15) is 12.7 Å². The number of halogens is 1. The average molecular weight is 316 g/mol. The molecule has 0 saturated heterocycles. The summed E-state index contributed by atoms with van der Waals surface area (Å²) in [7, 11) is 1.60. The van der Waals surface area contributed by atoms with Crippen molar-refractivity contribution in [2.45, 2.75) is 25.0 Å². The van der Waals surface area contributed by atoms with E-state index in [4.69, 9.17) is 9.47 Å². The van der Waals surface area contributed by atoms with Gasteiger partial charge < -0.3 is 19.9 Å². The minimum absolute atomic E-state index is 0.249. The summed E-state index contributed by atoms with van der Waals surface area (Å²) in [6, 6.07) is 6.18. The lowest BCUT2D eigenvalue weighted by molar-refractivity contribution is 0.104. The van der Waals surface area contributed by atoms with E-state index in [0.717, 1.165) is 4.47 Å². The minimum atomic E-state index is -0.512. The van der Waals surface area contributed by atoms with Crippen LogP contribution in [0, 0.1) is 0 Å². The molecule has 0 heterocycles. The molecule has 0 bridgehead atoms.